The van der Waals surface area contributed by atoms with Crippen LogP contribution in [0.5, 0.6) is 0 Å². The first-order chi connectivity index (χ1) is 11.2. The van der Waals surface area contributed by atoms with E-state index in [-0.39, 0.29) is 24.0 Å². The Morgan fingerprint density at radius 1 is 1.50 bits per heavy atom. The second-order valence-corrected chi connectivity index (χ2v) is 4.70. The minimum absolute atomic E-state index is 0.0489. The fraction of sp³-hybridized carbons (Fsp3) is 0.417. The van der Waals surface area contributed by atoms with Crippen LogP contribution in [-0.2, 0) is 10.9 Å². The van der Waals surface area contributed by atoms with Gasteiger partial charge in [-0.15, -0.1) is 0 Å². The number of rotatable bonds is 6. The van der Waals surface area contributed by atoms with Gasteiger partial charge >= 0.3 is 17.8 Å². The van der Waals surface area contributed by atoms with Crippen molar-refractivity contribution in [1.29, 1.82) is 0 Å². The highest BCUT2D eigenvalue weighted by atomic mass is 19.4. The van der Waals surface area contributed by atoms with Crippen LogP contribution in [-0.4, -0.2) is 39.8 Å². The number of hydrogen-bond acceptors (Lipinski definition) is 8. The Labute approximate surface area is 133 Å². The molecule has 24 heavy (non-hydrogen) atoms. The number of halogens is 3. The summed E-state index contributed by atoms with van der Waals surface area (Å²) in [5, 5.41) is 17.0. The summed E-state index contributed by atoms with van der Waals surface area (Å²) in [6.45, 7) is 2.00. The number of aromatic nitrogens is 3. The molecule has 0 aliphatic rings. The summed E-state index contributed by atoms with van der Waals surface area (Å²) >= 11 is 0. The molecule has 0 saturated heterocycles. The molecule has 0 aliphatic carbocycles. The number of alkyl halides is 3. The summed E-state index contributed by atoms with van der Waals surface area (Å²) in [7, 11) is 1.48. The molecule has 1 unspecified atom stereocenters. The van der Waals surface area contributed by atoms with Gasteiger partial charge in [0, 0.05) is 31.5 Å². The van der Waals surface area contributed by atoms with E-state index in [0.717, 1.165) is 12.3 Å². The Morgan fingerprint density at radius 2 is 2.21 bits per heavy atom. The SMILES string of the molecule is COC(C)CNc1ncc(-c2noc(C(F)(F)F)n2)cc1[N+](=O)[O-]. The van der Waals surface area contributed by atoms with Gasteiger partial charge in [-0.2, -0.15) is 18.2 Å². The molecule has 2 aromatic rings. The lowest BCUT2D eigenvalue weighted by atomic mass is 10.2. The van der Waals surface area contributed by atoms with E-state index in [4.69, 9.17) is 4.74 Å². The van der Waals surface area contributed by atoms with E-state index >= 15 is 0 Å². The largest absolute Gasteiger partial charge is 0.471 e. The molecule has 130 valence electrons. The number of anilines is 1. The molecule has 0 bridgehead atoms. The quantitative estimate of drug-likeness (QED) is 0.626. The van der Waals surface area contributed by atoms with Crippen LogP contribution >= 0.6 is 0 Å². The number of nitrogens with zero attached hydrogens (tertiary/aromatic N) is 4. The fourth-order valence-corrected chi connectivity index (χ4v) is 1.63. The maximum Gasteiger partial charge on any atom is 0.471 e. The molecule has 1 atom stereocenters. The first kappa shape index (κ1) is 17.6. The lowest BCUT2D eigenvalue weighted by molar-refractivity contribution is -0.384. The van der Waals surface area contributed by atoms with Crippen molar-refractivity contribution in [3.63, 3.8) is 0 Å². The van der Waals surface area contributed by atoms with E-state index < -0.39 is 28.5 Å². The maximum absolute atomic E-state index is 12.5. The summed E-state index contributed by atoms with van der Waals surface area (Å²) < 4.78 is 46.5. The summed E-state index contributed by atoms with van der Waals surface area (Å²) in [6.07, 6.45) is -3.92. The highest BCUT2D eigenvalue weighted by molar-refractivity contribution is 5.65. The minimum Gasteiger partial charge on any atom is -0.380 e. The molecule has 12 heteroatoms. The smallest absolute Gasteiger partial charge is 0.380 e. The van der Waals surface area contributed by atoms with Crippen molar-refractivity contribution in [1.82, 2.24) is 15.1 Å². The van der Waals surface area contributed by atoms with Gasteiger partial charge in [0.15, 0.2) is 0 Å². The van der Waals surface area contributed by atoms with Gasteiger partial charge in [-0.25, -0.2) is 4.98 Å². The zero-order valence-corrected chi connectivity index (χ0v) is 12.5. The molecule has 2 aromatic heterocycles. The van der Waals surface area contributed by atoms with Crippen LogP contribution in [0.15, 0.2) is 16.8 Å². The molecular weight excluding hydrogens is 335 g/mol. The first-order valence-corrected chi connectivity index (χ1v) is 6.54. The molecule has 9 nitrogen and oxygen atoms in total. The molecule has 0 saturated carbocycles. The van der Waals surface area contributed by atoms with Crippen LogP contribution in [0.4, 0.5) is 24.7 Å². The third-order valence-corrected chi connectivity index (χ3v) is 2.95. The van der Waals surface area contributed by atoms with E-state index in [1.54, 1.807) is 6.92 Å². The second-order valence-electron chi connectivity index (χ2n) is 4.70. The van der Waals surface area contributed by atoms with Crippen molar-refractivity contribution in [3.8, 4) is 11.4 Å². The van der Waals surface area contributed by atoms with Crippen molar-refractivity contribution in [3.05, 3.63) is 28.3 Å². The highest BCUT2D eigenvalue weighted by Gasteiger charge is 2.38. The van der Waals surface area contributed by atoms with Gasteiger partial charge < -0.3 is 14.6 Å². The van der Waals surface area contributed by atoms with Crippen LogP contribution in [0.25, 0.3) is 11.4 Å². The average Bonchev–Trinajstić information content (AvgIpc) is 3.02. The highest BCUT2D eigenvalue weighted by Crippen LogP contribution is 2.31. The van der Waals surface area contributed by atoms with Gasteiger partial charge in [-0.1, -0.05) is 5.16 Å². The molecule has 1 N–H and O–H groups in total. The maximum atomic E-state index is 12.5. The predicted octanol–water partition coefficient (Wildman–Crippen LogP) is 2.51. The van der Waals surface area contributed by atoms with Gasteiger partial charge in [0.25, 0.3) is 0 Å². The molecule has 0 aliphatic heterocycles. The number of pyridine rings is 1. The van der Waals surface area contributed by atoms with Crippen LogP contribution < -0.4 is 5.32 Å². The third-order valence-electron chi connectivity index (χ3n) is 2.95. The van der Waals surface area contributed by atoms with E-state index in [1.807, 2.05) is 0 Å². The second kappa shape index (κ2) is 6.78. The summed E-state index contributed by atoms with van der Waals surface area (Å²) in [4.78, 5) is 17.4. The first-order valence-electron chi connectivity index (χ1n) is 6.54. The van der Waals surface area contributed by atoms with Gasteiger partial charge in [0.1, 0.15) is 0 Å². The van der Waals surface area contributed by atoms with Crippen LogP contribution in [0.3, 0.4) is 0 Å². The monoisotopic (exact) mass is 347 g/mol. The average molecular weight is 347 g/mol. The standard InChI is InChI=1S/C12H12F3N5O4/c1-6(23-2)4-16-10-8(20(21)22)3-7(5-17-10)9-18-11(24-19-9)12(13,14)15/h3,5-6H,4H2,1-2H3,(H,16,17). The van der Waals surface area contributed by atoms with Gasteiger partial charge in [-0.05, 0) is 6.92 Å². The Kier molecular flexibility index (Phi) is 4.97. The minimum atomic E-state index is -4.80. The Morgan fingerprint density at radius 3 is 2.75 bits per heavy atom. The van der Waals surface area contributed by atoms with Crippen molar-refractivity contribution in [2.45, 2.75) is 19.2 Å². The van der Waals surface area contributed by atoms with Crippen molar-refractivity contribution < 1.29 is 27.4 Å². The van der Waals surface area contributed by atoms with E-state index in [9.17, 15) is 23.3 Å². The van der Waals surface area contributed by atoms with Crippen molar-refractivity contribution >= 4 is 11.5 Å². The fourth-order valence-electron chi connectivity index (χ4n) is 1.63. The zero-order chi connectivity index (χ0) is 17.9. The normalized spacial score (nSPS) is 12.9. The van der Waals surface area contributed by atoms with Crippen molar-refractivity contribution in [2.75, 3.05) is 19.0 Å². The van der Waals surface area contributed by atoms with Gasteiger partial charge in [0.2, 0.25) is 11.6 Å². The molecule has 0 aromatic carbocycles. The molecule has 0 fully saturated rings. The van der Waals surface area contributed by atoms with E-state index in [0.29, 0.717) is 0 Å². The number of hydrogen-bond donors (Lipinski definition) is 1. The summed E-state index contributed by atoms with van der Waals surface area (Å²) in [6, 6.07) is 1.01. The summed E-state index contributed by atoms with van der Waals surface area (Å²) in [5.74, 6) is -2.04. The molecule has 2 heterocycles. The molecular formula is C12H12F3N5O4. The number of nitrogens with one attached hydrogen (secondary N) is 1. The Hall–Kier alpha value is -2.76. The Balaban J connectivity index is 2.31. The predicted molar refractivity (Wildman–Crippen MR) is 74.1 cm³/mol. The zero-order valence-electron chi connectivity index (χ0n) is 12.5. The van der Waals surface area contributed by atoms with Gasteiger partial charge in [0.05, 0.1) is 11.0 Å². The summed E-state index contributed by atoms with van der Waals surface area (Å²) in [5.41, 5.74) is -0.513. The topological polar surface area (TPSA) is 116 Å². The molecule has 0 spiro atoms. The van der Waals surface area contributed by atoms with E-state index in [2.05, 4.69) is 25.0 Å². The number of ether oxygens (including phenoxy) is 1. The van der Waals surface area contributed by atoms with Crippen LogP contribution in [0, 0.1) is 10.1 Å². The lowest BCUT2D eigenvalue weighted by Gasteiger charge is -2.11. The number of nitro groups is 1. The van der Waals surface area contributed by atoms with E-state index in [1.165, 1.54) is 7.11 Å². The van der Waals surface area contributed by atoms with Crippen LogP contribution in [0.2, 0.25) is 0 Å². The van der Waals surface area contributed by atoms with Crippen molar-refractivity contribution in [2.24, 2.45) is 0 Å². The number of methoxy groups -OCH3 is 1. The molecule has 0 amide bonds. The third kappa shape index (κ3) is 3.95. The molecule has 2 rings (SSSR count). The lowest BCUT2D eigenvalue weighted by Crippen LogP contribution is -2.19. The molecule has 0 radical (unpaired) electrons. The Bertz CT molecular complexity index is 734. The van der Waals surface area contributed by atoms with Gasteiger partial charge in [-0.3, -0.25) is 10.1 Å². The van der Waals surface area contributed by atoms with Crippen LogP contribution in [0.1, 0.15) is 12.8 Å².